The highest BCUT2D eigenvalue weighted by atomic mass is 35.5. The molecular formula is C20H19ClN2O3S2. The van der Waals surface area contributed by atoms with Crippen LogP contribution in [0.15, 0.2) is 48.7 Å². The first-order chi connectivity index (χ1) is 13.2. The van der Waals surface area contributed by atoms with Crippen LogP contribution in [0.25, 0.3) is 0 Å². The number of thiazole rings is 1. The molecule has 1 aromatic heterocycles. The first kappa shape index (κ1) is 20.5. The molecule has 146 valence electrons. The number of anilines is 1. The first-order valence-electron chi connectivity index (χ1n) is 8.47. The predicted octanol–water partition coefficient (Wildman–Crippen LogP) is 4.49. The van der Waals surface area contributed by atoms with E-state index in [2.05, 4.69) is 10.3 Å². The maximum Gasteiger partial charge on any atom is 0.257 e. The summed E-state index contributed by atoms with van der Waals surface area (Å²) in [7, 11) is -3.16. The molecule has 28 heavy (non-hydrogen) atoms. The van der Waals surface area contributed by atoms with Gasteiger partial charge in [0.25, 0.3) is 5.91 Å². The van der Waals surface area contributed by atoms with Crippen molar-refractivity contribution in [2.75, 3.05) is 11.6 Å². The Hall–Kier alpha value is -2.22. The van der Waals surface area contributed by atoms with Crippen LogP contribution in [0.2, 0.25) is 5.02 Å². The van der Waals surface area contributed by atoms with Crippen LogP contribution in [0.1, 0.15) is 31.9 Å². The molecule has 3 rings (SSSR count). The molecule has 5 nitrogen and oxygen atoms in total. The van der Waals surface area contributed by atoms with Gasteiger partial charge >= 0.3 is 0 Å². The van der Waals surface area contributed by atoms with E-state index in [4.69, 9.17) is 11.6 Å². The lowest BCUT2D eigenvalue weighted by Crippen LogP contribution is -2.12. The Labute approximate surface area is 173 Å². The van der Waals surface area contributed by atoms with Crippen LogP contribution >= 0.6 is 22.9 Å². The van der Waals surface area contributed by atoms with Gasteiger partial charge in [0.2, 0.25) is 0 Å². The molecule has 1 N–H and O–H groups in total. The van der Waals surface area contributed by atoms with Crippen molar-refractivity contribution in [1.29, 1.82) is 0 Å². The number of aryl methyl sites for hydroxylation is 1. The number of amides is 1. The normalized spacial score (nSPS) is 11.4. The number of halogens is 1. The number of aromatic nitrogens is 1. The van der Waals surface area contributed by atoms with Crippen LogP contribution in [0.4, 0.5) is 5.13 Å². The zero-order valence-corrected chi connectivity index (χ0v) is 17.8. The molecule has 3 aromatic rings. The maximum atomic E-state index is 12.5. The first-order valence-corrected chi connectivity index (χ1v) is 11.7. The second-order valence-corrected chi connectivity index (χ2v) is 10.3. The van der Waals surface area contributed by atoms with Gasteiger partial charge in [0, 0.05) is 34.3 Å². The minimum Gasteiger partial charge on any atom is -0.298 e. The molecule has 0 aliphatic rings. The Morgan fingerprint density at radius 2 is 1.96 bits per heavy atom. The van der Waals surface area contributed by atoms with Crippen molar-refractivity contribution in [2.45, 2.75) is 19.1 Å². The van der Waals surface area contributed by atoms with E-state index >= 15 is 0 Å². The van der Waals surface area contributed by atoms with Crippen molar-refractivity contribution in [3.05, 3.63) is 80.8 Å². The fourth-order valence-corrected chi connectivity index (χ4v) is 4.50. The van der Waals surface area contributed by atoms with Gasteiger partial charge < -0.3 is 0 Å². The van der Waals surface area contributed by atoms with Crippen LogP contribution < -0.4 is 5.32 Å². The Morgan fingerprint density at radius 3 is 2.68 bits per heavy atom. The van der Waals surface area contributed by atoms with E-state index in [0.717, 1.165) is 27.3 Å². The van der Waals surface area contributed by atoms with Gasteiger partial charge in [-0.2, -0.15) is 0 Å². The van der Waals surface area contributed by atoms with E-state index in [1.807, 2.05) is 25.1 Å². The number of carbonyl (C=O) groups is 1. The molecule has 0 unspecified atom stereocenters. The summed E-state index contributed by atoms with van der Waals surface area (Å²) < 4.78 is 22.9. The molecule has 0 bridgehead atoms. The minimum atomic E-state index is -3.16. The largest absolute Gasteiger partial charge is 0.298 e. The average Bonchev–Trinajstić information content (AvgIpc) is 3.04. The van der Waals surface area contributed by atoms with Crippen LogP contribution in [0, 0.1) is 6.92 Å². The van der Waals surface area contributed by atoms with E-state index in [1.165, 1.54) is 11.3 Å². The summed E-state index contributed by atoms with van der Waals surface area (Å²) in [6.45, 7) is 1.96. The van der Waals surface area contributed by atoms with E-state index in [0.29, 0.717) is 22.7 Å². The number of rotatable bonds is 6. The van der Waals surface area contributed by atoms with Crippen molar-refractivity contribution in [2.24, 2.45) is 0 Å². The van der Waals surface area contributed by atoms with Crippen molar-refractivity contribution in [3.8, 4) is 0 Å². The van der Waals surface area contributed by atoms with E-state index in [1.54, 1.807) is 30.5 Å². The fraction of sp³-hybridized carbons (Fsp3) is 0.200. The molecule has 8 heteroatoms. The SMILES string of the molecule is Cc1ccc(Cc2cnc(NC(=O)c3cccc(CS(C)(=O)=O)c3)s2)cc1Cl. The lowest BCUT2D eigenvalue weighted by Gasteiger charge is -2.05. The monoisotopic (exact) mass is 434 g/mol. The van der Waals surface area contributed by atoms with E-state index in [-0.39, 0.29) is 11.7 Å². The molecule has 0 saturated carbocycles. The van der Waals surface area contributed by atoms with Crippen molar-refractivity contribution in [1.82, 2.24) is 4.98 Å². The molecule has 0 atom stereocenters. The quantitative estimate of drug-likeness (QED) is 0.620. The minimum absolute atomic E-state index is 0.103. The zero-order chi connectivity index (χ0) is 20.3. The number of sulfone groups is 1. The Morgan fingerprint density at radius 1 is 1.18 bits per heavy atom. The lowest BCUT2D eigenvalue weighted by atomic mass is 10.1. The number of hydrogen-bond donors (Lipinski definition) is 1. The van der Waals surface area contributed by atoms with Crippen molar-refractivity contribution < 1.29 is 13.2 Å². The fourth-order valence-electron chi connectivity index (χ4n) is 2.67. The van der Waals surface area contributed by atoms with Crippen LogP contribution in [0.3, 0.4) is 0 Å². The van der Waals surface area contributed by atoms with Gasteiger partial charge in [-0.05, 0) is 41.8 Å². The second-order valence-electron chi connectivity index (χ2n) is 6.62. The van der Waals surface area contributed by atoms with Gasteiger partial charge in [0.15, 0.2) is 15.0 Å². The number of nitrogens with zero attached hydrogens (tertiary/aromatic N) is 1. The summed E-state index contributed by atoms with van der Waals surface area (Å²) in [5.74, 6) is -0.427. The van der Waals surface area contributed by atoms with Crippen LogP contribution in [-0.4, -0.2) is 25.6 Å². The number of nitrogens with one attached hydrogen (secondary N) is 1. The van der Waals surface area contributed by atoms with Gasteiger partial charge in [0.05, 0.1) is 5.75 Å². The summed E-state index contributed by atoms with van der Waals surface area (Å²) >= 11 is 7.56. The molecule has 0 saturated heterocycles. The summed E-state index contributed by atoms with van der Waals surface area (Å²) in [6.07, 6.45) is 3.57. The van der Waals surface area contributed by atoms with Gasteiger partial charge in [-0.1, -0.05) is 35.9 Å². The predicted molar refractivity (Wildman–Crippen MR) is 114 cm³/mol. The highest BCUT2D eigenvalue weighted by Gasteiger charge is 2.12. The summed E-state index contributed by atoms with van der Waals surface area (Å²) in [5.41, 5.74) is 3.07. The number of benzene rings is 2. The summed E-state index contributed by atoms with van der Waals surface area (Å²) in [6, 6.07) is 12.5. The van der Waals surface area contributed by atoms with E-state index in [9.17, 15) is 13.2 Å². The number of hydrogen-bond acceptors (Lipinski definition) is 5. The third kappa shape index (κ3) is 5.64. The molecule has 1 heterocycles. The lowest BCUT2D eigenvalue weighted by molar-refractivity contribution is 0.102. The van der Waals surface area contributed by atoms with Gasteiger partial charge in [0.1, 0.15) is 0 Å². The Bertz CT molecular complexity index is 1120. The maximum absolute atomic E-state index is 12.5. The Balaban J connectivity index is 1.68. The smallest absolute Gasteiger partial charge is 0.257 e. The zero-order valence-electron chi connectivity index (χ0n) is 15.4. The average molecular weight is 435 g/mol. The molecule has 0 aliphatic carbocycles. The molecule has 0 fully saturated rings. The topological polar surface area (TPSA) is 76.1 Å². The standard InChI is InChI=1S/C20H19ClN2O3S2/c1-13-6-7-14(10-18(13)21)9-17-11-22-20(27-17)23-19(24)16-5-3-4-15(8-16)12-28(2,25)26/h3-8,10-11H,9,12H2,1-2H3,(H,22,23,24). The van der Waals surface area contributed by atoms with Crippen molar-refractivity contribution >= 4 is 43.8 Å². The van der Waals surface area contributed by atoms with Gasteiger partial charge in [-0.15, -0.1) is 11.3 Å². The summed E-state index contributed by atoms with van der Waals surface area (Å²) in [5, 5.41) is 3.99. The molecule has 0 aliphatic heterocycles. The third-order valence-corrected chi connectivity index (χ3v) is 6.18. The molecule has 1 amide bonds. The van der Waals surface area contributed by atoms with Crippen molar-refractivity contribution in [3.63, 3.8) is 0 Å². The number of carbonyl (C=O) groups excluding carboxylic acids is 1. The molecule has 0 radical (unpaired) electrons. The van der Waals surface area contributed by atoms with Gasteiger partial charge in [-0.25, -0.2) is 13.4 Å². The molecular weight excluding hydrogens is 416 g/mol. The third-order valence-electron chi connectivity index (χ3n) is 4.01. The van der Waals surface area contributed by atoms with Crippen LogP contribution in [-0.2, 0) is 22.0 Å². The highest BCUT2D eigenvalue weighted by molar-refractivity contribution is 7.89. The summed E-state index contributed by atoms with van der Waals surface area (Å²) in [4.78, 5) is 17.7. The highest BCUT2D eigenvalue weighted by Crippen LogP contribution is 2.24. The molecule has 0 spiro atoms. The molecule has 2 aromatic carbocycles. The second kappa shape index (κ2) is 8.43. The Kier molecular flexibility index (Phi) is 6.17. The van der Waals surface area contributed by atoms with Crippen LogP contribution in [0.5, 0.6) is 0 Å². The van der Waals surface area contributed by atoms with Gasteiger partial charge in [-0.3, -0.25) is 10.1 Å². The van der Waals surface area contributed by atoms with E-state index < -0.39 is 9.84 Å².